The minimum atomic E-state index is -0.297. The molecule has 0 spiro atoms. The second-order valence-electron chi connectivity index (χ2n) is 4.66. The predicted octanol–water partition coefficient (Wildman–Crippen LogP) is 2.63. The zero-order valence-corrected chi connectivity index (χ0v) is 12.2. The van der Waals surface area contributed by atoms with Crippen LogP contribution in [0.15, 0.2) is 42.9 Å². The minimum absolute atomic E-state index is 0.297. The van der Waals surface area contributed by atoms with Gasteiger partial charge in [0.05, 0.1) is 12.5 Å². The van der Waals surface area contributed by atoms with Crippen molar-refractivity contribution in [2.24, 2.45) is 0 Å². The first-order chi connectivity index (χ1) is 10.7. The Morgan fingerprint density at radius 2 is 2.18 bits per heavy atom. The first-order valence-corrected chi connectivity index (χ1v) is 6.66. The molecular formula is C15H15N5O2. The predicted molar refractivity (Wildman–Crippen MR) is 84.3 cm³/mol. The van der Waals surface area contributed by atoms with E-state index in [9.17, 15) is 4.79 Å². The summed E-state index contributed by atoms with van der Waals surface area (Å²) in [5.74, 6) is 1.21. The van der Waals surface area contributed by atoms with Crippen molar-refractivity contribution in [2.75, 3.05) is 24.4 Å². The molecule has 0 aliphatic rings. The van der Waals surface area contributed by atoms with E-state index in [1.54, 1.807) is 32.5 Å². The Labute approximate surface area is 126 Å². The number of aromatic amines is 1. The fourth-order valence-electron chi connectivity index (χ4n) is 2.13. The molecule has 0 radical (unpaired) electrons. The molecule has 7 nitrogen and oxygen atoms in total. The number of aromatic nitrogens is 3. The fraction of sp³-hybridized carbons (Fsp3) is 0.133. The molecule has 0 saturated carbocycles. The number of rotatable bonds is 3. The van der Waals surface area contributed by atoms with Crippen LogP contribution in [0, 0.1) is 0 Å². The maximum Gasteiger partial charge on any atom is 0.327 e. The lowest BCUT2D eigenvalue weighted by atomic mass is 10.3. The molecule has 0 aliphatic carbocycles. The van der Waals surface area contributed by atoms with E-state index in [2.05, 4.69) is 20.3 Å². The van der Waals surface area contributed by atoms with E-state index in [0.29, 0.717) is 22.9 Å². The quantitative estimate of drug-likeness (QED) is 0.778. The van der Waals surface area contributed by atoms with Crippen molar-refractivity contribution in [1.82, 2.24) is 15.0 Å². The van der Waals surface area contributed by atoms with Gasteiger partial charge in [-0.05, 0) is 18.2 Å². The zero-order chi connectivity index (χ0) is 15.5. The highest BCUT2D eigenvalue weighted by atomic mass is 16.5. The van der Waals surface area contributed by atoms with E-state index in [1.807, 2.05) is 18.2 Å². The number of fused-ring (bicyclic) bond motifs is 1. The van der Waals surface area contributed by atoms with Crippen LogP contribution >= 0.6 is 0 Å². The number of methoxy groups -OCH3 is 1. The number of carbonyl (C=O) groups is 1. The topological polar surface area (TPSA) is 83.1 Å². The second kappa shape index (κ2) is 5.72. The van der Waals surface area contributed by atoms with Gasteiger partial charge in [0.15, 0.2) is 0 Å². The number of nitrogens with one attached hydrogen (secondary N) is 2. The summed E-state index contributed by atoms with van der Waals surface area (Å²) in [6.07, 6.45) is 3.18. The number of nitrogens with zero attached hydrogens (tertiary/aromatic N) is 3. The summed E-state index contributed by atoms with van der Waals surface area (Å²) in [5, 5.41) is 3.59. The molecule has 0 bridgehead atoms. The average molecular weight is 297 g/mol. The van der Waals surface area contributed by atoms with Crippen LogP contribution in [0.3, 0.4) is 0 Å². The molecule has 2 heterocycles. The van der Waals surface area contributed by atoms with E-state index in [0.717, 1.165) is 5.39 Å². The molecule has 2 amide bonds. The molecule has 1 aromatic carbocycles. The van der Waals surface area contributed by atoms with Gasteiger partial charge in [0, 0.05) is 25.0 Å². The van der Waals surface area contributed by atoms with E-state index in [1.165, 1.54) is 11.2 Å². The Hall–Kier alpha value is -3.09. The first kappa shape index (κ1) is 13.9. The monoisotopic (exact) mass is 297 g/mol. The Morgan fingerprint density at radius 1 is 1.32 bits per heavy atom. The molecule has 0 unspecified atom stereocenters. The van der Waals surface area contributed by atoms with E-state index in [4.69, 9.17) is 4.74 Å². The van der Waals surface area contributed by atoms with Gasteiger partial charge in [0.2, 0.25) is 0 Å². The Kier molecular flexibility index (Phi) is 3.61. The summed E-state index contributed by atoms with van der Waals surface area (Å²) in [6.45, 7) is 0. The normalized spacial score (nSPS) is 10.5. The fourth-order valence-corrected chi connectivity index (χ4v) is 2.13. The molecule has 2 aromatic heterocycles. The van der Waals surface area contributed by atoms with Gasteiger partial charge in [0.25, 0.3) is 0 Å². The van der Waals surface area contributed by atoms with Crippen molar-refractivity contribution in [2.45, 2.75) is 0 Å². The Balaban J connectivity index is 1.83. The van der Waals surface area contributed by atoms with Crippen molar-refractivity contribution < 1.29 is 9.53 Å². The number of hydrogen-bond donors (Lipinski definition) is 2. The van der Waals surface area contributed by atoms with Crippen LogP contribution in [0.5, 0.6) is 5.75 Å². The number of benzene rings is 1. The number of amides is 2. The maximum atomic E-state index is 12.4. The standard InChI is InChI=1S/C15H15N5O2/c1-20(14-12-6-7-16-13(12)17-9-18-14)15(21)19-10-4-3-5-11(8-10)22-2/h3-9H,1-2H3,(H,19,21)(H,16,17,18). The van der Waals surface area contributed by atoms with Crippen LogP contribution < -0.4 is 15.0 Å². The number of anilines is 2. The third kappa shape index (κ3) is 2.56. The van der Waals surface area contributed by atoms with Crippen molar-refractivity contribution in [1.29, 1.82) is 0 Å². The number of H-pyrrole nitrogens is 1. The summed E-state index contributed by atoms with van der Waals surface area (Å²) in [4.78, 5) is 25.1. The van der Waals surface area contributed by atoms with Gasteiger partial charge in [-0.25, -0.2) is 14.8 Å². The van der Waals surface area contributed by atoms with Gasteiger partial charge in [-0.3, -0.25) is 4.90 Å². The number of hydrogen-bond acceptors (Lipinski definition) is 4. The van der Waals surface area contributed by atoms with Crippen LogP contribution in [-0.2, 0) is 0 Å². The summed E-state index contributed by atoms with van der Waals surface area (Å²) in [5.41, 5.74) is 1.33. The lowest BCUT2D eigenvalue weighted by Gasteiger charge is -2.17. The molecule has 0 fully saturated rings. The Bertz CT molecular complexity index is 814. The SMILES string of the molecule is COc1cccc(NC(=O)N(C)c2ncnc3[nH]ccc23)c1. The zero-order valence-electron chi connectivity index (χ0n) is 12.2. The molecule has 22 heavy (non-hydrogen) atoms. The van der Waals surface area contributed by atoms with Crippen molar-refractivity contribution >= 4 is 28.6 Å². The van der Waals surface area contributed by atoms with Crippen molar-refractivity contribution in [3.05, 3.63) is 42.9 Å². The summed E-state index contributed by atoms with van der Waals surface area (Å²) < 4.78 is 5.14. The number of carbonyl (C=O) groups excluding carboxylic acids is 1. The maximum absolute atomic E-state index is 12.4. The van der Waals surface area contributed by atoms with Crippen LogP contribution in [-0.4, -0.2) is 35.1 Å². The van der Waals surface area contributed by atoms with Gasteiger partial charge >= 0.3 is 6.03 Å². The van der Waals surface area contributed by atoms with Crippen LogP contribution in [0.1, 0.15) is 0 Å². The molecule has 0 atom stereocenters. The minimum Gasteiger partial charge on any atom is -0.497 e. The van der Waals surface area contributed by atoms with Crippen molar-refractivity contribution in [3.8, 4) is 5.75 Å². The molecule has 3 rings (SSSR count). The number of ether oxygens (including phenoxy) is 1. The van der Waals surface area contributed by atoms with Gasteiger partial charge in [-0.15, -0.1) is 0 Å². The molecule has 112 valence electrons. The second-order valence-corrected chi connectivity index (χ2v) is 4.66. The van der Waals surface area contributed by atoms with Crippen LogP contribution in [0.2, 0.25) is 0 Å². The summed E-state index contributed by atoms with van der Waals surface area (Å²) >= 11 is 0. The van der Waals surface area contributed by atoms with E-state index in [-0.39, 0.29) is 6.03 Å². The number of urea groups is 1. The molecule has 7 heteroatoms. The highest BCUT2D eigenvalue weighted by Crippen LogP contribution is 2.22. The van der Waals surface area contributed by atoms with Gasteiger partial charge < -0.3 is 15.0 Å². The summed E-state index contributed by atoms with van der Waals surface area (Å²) in [6, 6.07) is 8.70. The molecular weight excluding hydrogens is 282 g/mol. The Morgan fingerprint density at radius 3 is 3.00 bits per heavy atom. The molecule has 0 saturated heterocycles. The molecule has 2 N–H and O–H groups in total. The van der Waals surface area contributed by atoms with Gasteiger partial charge in [-0.2, -0.15) is 0 Å². The highest BCUT2D eigenvalue weighted by Gasteiger charge is 2.16. The van der Waals surface area contributed by atoms with Gasteiger partial charge in [0.1, 0.15) is 23.5 Å². The largest absolute Gasteiger partial charge is 0.497 e. The lowest BCUT2D eigenvalue weighted by Crippen LogP contribution is -2.32. The lowest BCUT2D eigenvalue weighted by molar-refractivity contribution is 0.258. The van der Waals surface area contributed by atoms with E-state index >= 15 is 0 Å². The third-order valence-electron chi connectivity index (χ3n) is 3.28. The smallest absolute Gasteiger partial charge is 0.327 e. The first-order valence-electron chi connectivity index (χ1n) is 6.66. The van der Waals surface area contributed by atoms with Crippen LogP contribution in [0.4, 0.5) is 16.3 Å². The average Bonchev–Trinajstić information content (AvgIpc) is 3.02. The molecule has 0 aliphatic heterocycles. The van der Waals surface area contributed by atoms with Gasteiger partial charge in [-0.1, -0.05) is 6.07 Å². The molecule has 3 aromatic rings. The third-order valence-corrected chi connectivity index (χ3v) is 3.28. The van der Waals surface area contributed by atoms with Crippen molar-refractivity contribution in [3.63, 3.8) is 0 Å². The summed E-state index contributed by atoms with van der Waals surface area (Å²) in [7, 11) is 3.24. The highest BCUT2D eigenvalue weighted by molar-refractivity contribution is 6.05. The van der Waals surface area contributed by atoms with Crippen LogP contribution in [0.25, 0.3) is 11.0 Å². The van der Waals surface area contributed by atoms with E-state index < -0.39 is 0 Å².